The van der Waals surface area contributed by atoms with Gasteiger partial charge in [-0.1, -0.05) is 36.4 Å². The molecule has 1 saturated heterocycles. The summed E-state index contributed by atoms with van der Waals surface area (Å²) >= 11 is 3.92. The highest BCUT2D eigenvalue weighted by Gasteiger charge is 2.18. The van der Waals surface area contributed by atoms with Crippen molar-refractivity contribution in [1.29, 1.82) is 0 Å². The Morgan fingerprint density at radius 1 is 1.12 bits per heavy atom. The molecule has 2 amide bonds. The SMILES string of the molecule is COCc1ccccc1CNC(=O)Nc1cccc(C2SCCS2)c1. The lowest BCUT2D eigenvalue weighted by molar-refractivity contribution is 0.184. The first-order valence-electron chi connectivity index (χ1n) is 8.20. The van der Waals surface area contributed by atoms with E-state index in [1.807, 2.05) is 59.9 Å². The highest BCUT2D eigenvalue weighted by molar-refractivity contribution is 8.19. The molecular formula is C19H22N2O2S2. The maximum Gasteiger partial charge on any atom is 0.319 e. The predicted molar refractivity (Wildman–Crippen MR) is 107 cm³/mol. The molecule has 2 N–H and O–H groups in total. The predicted octanol–water partition coefficient (Wildman–Crippen LogP) is 4.63. The minimum atomic E-state index is -0.198. The zero-order chi connectivity index (χ0) is 17.5. The number of amides is 2. The number of hydrogen-bond donors (Lipinski definition) is 2. The van der Waals surface area contributed by atoms with Crippen LogP contribution in [0.2, 0.25) is 0 Å². The summed E-state index contributed by atoms with van der Waals surface area (Å²) < 4.78 is 5.68. The van der Waals surface area contributed by atoms with Crippen LogP contribution >= 0.6 is 23.5 Å². The van der Waals surface area contributed by atoms with Crippen LogP contribution in [-0.2, 0) is 17.9 Å². The van der Waals surface area contributed by atoms with Crippen LogP contribution in [0.3, 0.4) is 0 Å². The van der Waals surface area contributed by atoms with Crippen LogP contribution in [0.15, 0.2) is 48.5 Å². The number of thioether (sulfide) groups is 2. The molecule has 2 aromatic carbocycles. The summed E-state index contributed by atoms with van der Waals surface area (Å²) in [6, 6.07) is 15.9. The van der Waals surface area contributed by atoms with Gasteiger partial charge < -0.3 is 15.4 Å². The summed E-state index contributed by atoms with van der Waals surface area (Å²) in [5.74, 6) is 2.38. The van der Waals surface area contributed by atoms with E-state index in [2.05, 4.69) is 22.8 Å². The molecule has 2 aromatic rings. The largest absolute Gasteiger partial charge is 0.380 e. The van der Waals surface area contributed by atoms with Crippen molar-refractivity contribution >= 4 is 35.2 Å². The molecule has 4 nitrogen and oxygen atoms in total. The Morgan fingerprint density at radius 2 is 1.88 bits per heavy atom. The van der Waals surface area contributed by atoms with Crippen molar-refractivity contribution in [1.82, 2.24) is 5.32 Å². The highest BCUT2D eigenvalue weighted by Crippen LogP contribution is 2.45. The van der Waals surface area contributed by atoms with Gasteiger partial charge in [-0.15, -0.1) is 23.5 Å². The molecule has 1 aliphatic rings. The molecule has 1 fully saturated rings. The average Bonchev–Trinajstić information content (AvgIpc) is 3.16. The molecule has 0 aromatic heterocycles. The average molecular weight is 375 g/mol. The molecule has 0 aliphatic carbocycles. The van der Waals surface area contributed by atoms with E-state index in [0.717, 1.165) is 16.8 Å². The Morgan fingerprint density at radius 3 is 2.64 bits per heavy atom. The molecule has 0 atom stereocenters. The lowest BCUT2D eigenvalue weighted by atomic mass is 10.1. The van der Waals surface area contributed by atoms with Gasteiger partial charge in [-0.3, -0.25) is 0 Å². The summed E-state index contributed by atoms with van der Waals surface area (Å²) in [5.41, 5.74) is 4.23. The van der Waals surface area contributed by atoms with Gasteiger partial charge in [0.15, 0.2) is 0 Å². The number of methoxy groups -OCH3 is 1. The molecule has 3 rings (SSSR count). The summed E-state index contributed by atoms with van der Waals surface area (Å²) in [6.07, 6.45) is 0. The fraction of sp³-hybridized carbons (Fsp3) is 0.316. The van der Waals surface area contributed by atoms with Crippen LogP contribution in [0.5, 0.6) is 0 Å². The van der Waals surface area contributed by atoms with E-state index in [1.165, 1.54) is 17.1 Å². The molecule has 0 saturated carbocycles. The number of carbonyl (C=O) groups is 1. The van der Waals surface area contributed by atoms with E-state index in [4.69, 9.17) is 4.74 Å². The first kappa shape index (κ1) is 18.2. The number of anilines is 1. The molecule has 0 radical (unpaired) electrons. The standard InChI is InChI=1S/C19H22N2O2S2/c1-23-13-16-6-3-2-5-15(16)12-20-19(22)21-17-8-4-7-14(11-17)18-24-9-10-25-18/h2-8,11,18H,9-10,12-13H2,1H3,(H2,20,21,22). The first-order chi connectivity index (χ1) is 12.3. The lowest BCUT2D eigenvalue weighted by Gasteiger charge is -2.13. The van der Waals surface area contributed by atoms with Crippen molar-refractivity contribution in [2.45, 2.75) is 17.7 Å². The molecule has 1 aliphatic heterocycles. The van der Waals surface area contributed by atoms with E-state index < -0.39 is 0 Å². The molecule has 25 heavy (non-hydrogen) atoms. The van der Waals surface area contributed by atoms with Crippen molar-refractivity contribution in [2.75, 3.05) is 23.9 Å². The molecule has 0 spiro atoms. The summed E-state index contributed by atoms with van der Waals surface area (Å²) in [7, 11) is 1.67. The van der Waals surface area contributed by atoms with Gasteiger partial charge in [0, 0.05) is 30.8 Å². The van der Waals surface area contributed by atoms with E-state index >= 15 is 0 Å². The Balaban J connectivity index is 1.57. The molecule has 132 valence electrons. The van der Waals surface area contributed by atoms with E-state index in [1.54, 1.807) is 7.11 Å². The van der Waals surface area contributed by atoms with Gasteiger partial charge in [-0.25, -0.2) is 4.79 Å². The third-order valence-electron chi connectivity index (χ3n) is 3.90. The normalized spacial score (nSPS) is 14.4. The molecule has 1 heterocycles. The fourth-order valence-electron chi connectivity index (χ4n) is 2.69. The Labute approximate surface area is 157 Å². The Bertz CT molecular complexity index is 718. The maximum atomic E-state index is 12.2. The molecule has 0 unspecified atom stereocenters. The van der Waals surface area contributed by atoms with Crippen LogP contribution in [0.1, 0.15) is 21.3 Å². The van der Waals surface area contributed by atoms with Crippen molar-refractivity contribution in [2.24, 2.45) is 0 Å². The third kappa shape index (κ3) is 5.17. The van der Waals surface area contributed by atoms with Gasteiger partial charge >= 0.3 is 6.03 Å². The quantitative estimate of drug-likeness (QED) is 0.774. The highest BCUT2D eigenvalue weighted by atomic mass is 32.2. The van der Waals surface area contributed by atoms with Gasteiger partial charge in [-0.2, -0.15) is 0 Å². The molecule has 0 bridgehead atoms. The number of rotatable bonds is 6. The van der Waals surface area contributed by atoms with Crippen molar-refractivity contribution in [3.05, 3.63) is 65.2 Å². The zero-order valence-electron chi connectivity index (χ0n) is 14.2. The second-order valence-corrected chi connectivity index (χ2v) is 8.43. The van der Waals surface area contributed by atoms with Crippen LogP contribution in [0.4, 0.5) is 10.5 Å². The van der Waals surface area contributed by atoms with Crippen LogP contribution in [0, 0.1) is 0 Å². The third-order valence-corrected chi connectivity index (χ3v) is 7.00. The topological polar surface area (TPSA) is 50.4 Å². The van der Waals surface area contributed by atoms with Gasteiger partial charge in [0.05, 0.1) is 11.2 Å². The molecule has 6 heteroatoms. The van der Waals surface area contributed by atoms with Crippen LogP contribution in [0.25, 0.3) is 0 Å². The zero-order valence-corrected chi connectivity index (χ0v) is 15.8. The van der Waals surface area contributed by atoms with Crippen LogP contribution < -0.4 is 10.6 Å². The fourth-order valence-corrected chi connectivity index (χ4v) is 5.53. The lowest BCUT2D eigenvalue weighted by Crippen LogP contribution is -2.28. The Hall–Kier alpha value is -1.63. The summed E-state index contributed by atoms with van der Waals surface area (Å²) in [4.78, 5) is 12.2. The summed E-state index contributed by atoms with van der Waals surface area (Å²) in [6.45, 7) is 1.01. The molecular weight excluding hydrogens is 352 g/mol. The summed E-state index contributed by atoms with van der Waals surface area (Å²) in [5, 5.41) is 5.85. The number of urea groups is 1. The van der Waals surface area contributed by atoms with E-state index in [-0.39, 0.29) is 6.03 Å². The van der Waals surface area contributed by atoms with Gasteiger partial charge in [0.2, 0.25) is 0 Å². The minimum absolute atomic E-state index is 0.198. The maximum absolute atomic E-state index is 12.2. The van der Waals surface area contributed by atoms with Crippen molar-refractivity contribution in [3.63, 3.8) is 0 Å². The number of hydrogen-bond acceptors (Lipinski definition) is 4. The van der Waals surface area contributed by atoms with Crippen molar-refractivity contribution in [3.8, 4) is 0 Å². The number of benzene rings is 2. The second kappa shape index (κ2) is 9.17. The van der Waals surface area contributed by atoms with E-state index in [9.17, 15) is 4.79 Å². The Kier molecular flexibility index (Phi) is 6.67. The van der Waals surface area contributed by atoms with Crippen molar-refractivity contribution < 1.29 is 9.53 Å². The monoisotopic (exact) mass is 374 g/mol. The number of nitrogens with one attached hydrogen (secondary N) is 2. The second-order valence-electron chi connectivity index (χ2n) is 5.71. The number of carbonyl (C=O) groups excluding carboxylic acids is 1. The van der Waals surface area contributed by atoms with Gasteiger partial charge in [0.1, 0.15) is 0 Å². The number of ether oxygens (including phenoxy) is 1. The van der Waals surface area contributed by atoms with Gasteiger partial charge in [-0.05, 0) is 28.8 Å². The van der Waals surface area contributed by atoms with Gasteiger partial charge in [0.25, 0.3) is 0 Å². The smallest absolute Gasteiger partial charge is 0.319 e. The van der Waals surface area contributed by atoms with Crippen LogP contribution in [-0.4, -0.2) is 24.6 Å². The minimum Gasteiger partial charge on any atom is -0.380 e. The van der Waals surface area contributed by atoms with E-state index in [0.29, 0.717) is 17.7 Å². The first-order valence-corrected chi connectivity index (χ1v) is 10.3.